The van der Waals surface area contributed by atoms with Crippen LogP contribution in [0.15, 0.2) is 54.6 Å². The van der Waals surface area contributed by atoms with Gasteiger partial charge in [-0.2, -0.15) is 0 Å². The fourth-order valence-electron chi connectivity index (χ4n) is 3.68. The molecule has 3 rings (SSSR count). The minimum atomic E-state index is 0.596. The van der Waals surface area contributed by atoms with Crippen molar-refractivity contribution in [2.75, 3.05) is 6.54 Å². The van der Waals surface area contributed by atoms with Gasteiger partial charge in [-0.1, -0.05) is 61.5 Å². The van der Waals surface area contributed by atoms with Crippen molar-refractivity contribution in [1.82, 2.24) is 5.32 Å². The van der Waals surface area contributed by atoms with E-state index in [0.717, 1.165) is 13.0 Å². The highest BCUT2D eigenvalue weighted by atomic mass is 14.9. The van der Waals surface area contributed by atoms with Crippen molar-refractivity contribution in [2.24, 2.45) is 0 Å². The topological polar surface area (TPSA) is 12.0 Å². The van der Waals surface area contributed by atoms with Gasteiger partial charge >= 0.3 is 0 Å². The van der Waals surface area contributed by atoms with E-state index < -0.39 is 0 Å². The van der Waals surface area contributed by atoms with Gasteiger partial charge in [-0.25, -0.2) is 0 Å². The summed E-state index contributed by atoms with van der Waals surface area (Å²) in [4.78, 5) is 0. The number of aryl methyl sites for hydroxylation is 2. The van der Waals surface area contributed by atoms with Crippen molar-refractivity contribution in [2.45, 2.75) is 44.6 Å². The average Bonchev–Trinajstić information content (AvgIpc) is 2.96. The summed E-state index contributed by atoms with van der Waals surface area (Å²) < 4.78 is 0. The predicted octanol–water partition coefficient (Wildman–Crippen LogP) is 4.33. The highest BCUT2D eigenvalue weighted by molar-refractivity contribution is 5.36. The van der Waals surface area contributed by atoms with E-state index in [2.05, 4.69) is 66.8 Å². The molecular weight excluding hydrogens is 254 g/mol. The Hall–Kier alpha value is -1.60. The zero-order valence-corrected chi connectivity index (χ0v) is 12.9. The SMILES string of the molecule is CCNC(CCc1ccccc1)C1CCc2ccccc21. The van der Waals surface area contributed by atoms with Crippen LogP contribution < -0.4 is 5.32 Å². The van der Waals surface area contributed by atoms with Gasteiger partial charge in [0.25, 0.3) is 0 Å². The van der Waals surface area contributed by atoms with Gasteiger partial charge < -0.3 is 5.32 Å². The van der Waals surface area contributed by atoms with Gasteiger partial charge in [0.1, 0.15) is 0 Å². The van der Waals surface area contributed by atoms with E-state index in [9.17, 15) is 0 Å². The summed E-state index contributed by atoms with van der Waals surface area (Å²) >= 11 is 0. The second-order valence-corrected chi connectivity index (χ2v) is 6.03. The summed E-state index contributed by atoms with van der Waals surface area (Å²) in [7, 11) is 0. The Morgan fingerprint density at radius 2 is 1.81 bits per heavy atom. The van der Waals surface area contributed by atoms with Crippen molar-refractivity contribution in [3.63, 3.8) is 0 Å². The quantitative estimate of drug-likeness (QED) is 0.830. The first-order valence-electron chi connectivity index (χ1n) is 8.23. The summed E-state index contributed by atoms with van der Waals surface area (Å²) in [5.41, 5.74) is 4.59. The van der Waals surface area contributed by atoms with Gasteiger partial charge in [0, 0.05) is 6.04 Å². The molecular formula is C20H25N. The molecule has 2 aromatic rings. The number of fused-ring (bicyclic) bond motifs is 1. The van der Waals surface area contributed by atoms with Gasteiger partial charge in [-0.3, -0.25) is 0 Å². The molecule has 0 amide bonds. The van der Waals surface area contributed by atoms with Gasteiger partial charge in [-0.05, 0) is 54.8 Å². The first kappa shape index (κ1) is 14.3. The Balaban J connectivity index is 1.70. The summed E-state index contributed by atoms with van der Waals surface area (Å²) in [6, 6.07) is 20.5. The Morgan fingerprint density at radius 3 is 2.62 bits per heavy atom. The van der Waals surface area contributed by atoms with Crippen LogP contribution in [0.4, 0.5) is 0 Å². The Kier molecular flexibility index (Phi) is 4.72. The van der Waals surface area contributed by atoms with Crippen LogP contribution in [-0.2, 0) is 12.8 Å². The molecule has 0 aliphatic heterocycles. The Morgan fingerprint density at radius 1 is 1.05 bits per heavy atom. The lowest BCUT2D eigenvalue weighted by Crippen LogP contribution is -2.34. The summed E-state index contributed by atoms with van der Waals surface area (Å²) in [5, 5.41) is 3.74. The lowest BCUT2D eigenvalue weighted by Gasteiger charge is -2.25. The van der Waals surface area contributed by atoms with Crippen LogP contribution in [0.5, 0.6) is 0 Å². The van der Waals surface area contributed by atoms with E-state index in [0.29, 0.717) is 12.0 Å². The van der Waals surface area contributed by atoms with Crippen molar-refractivity contribution in [1.29, 1.82) is 0 Å². The van der Waals surface area contributed by atoms with E-state index in [1.54, 1.807) is 11.1 Å². The monoisotopic (exact) mass is 279 g/mol. The average molecular weight is 279 g/mol. The second-order valence-electron chi connectivity index (χ2n) is 6.03. The molecule has 2 unspecified atom stereocenters. The molecule has 0 fully saturated rings. The highest BCUT2D eigenvalue weighted by Crippen LogP contribution is 2.36. The lowest BCUT2D eigenvalue weighted by molar-refractivity contribution is 0.413. The minimum absolute atomic E-state index is 0.596. The molecule has 1 N–H and O–H groups in total. The van der Waals surface area contributed by atoms with Gasteiger partial charge in [-0.15, -0.1) is 0 Å². The molecule has 2 atom stereocenters. The zero-order valence-electron chi connectivity index (χ0n) is 12.9. The smallest absolute Gasteiger partial charge is 0.0139 e. The third kappa shape index (κ3) is 3.36. The second kappa shape index (κ2) is 6.91. The first-order chi connectivity index (χ1) is 10.4. The summed E-state index contributed by atoms with van der Waals surface area (Å²) in [5.74, 6) is 0.685. The minimum Gasteiger partial charge on any atom is -0.314 e. The summed E-state index contributed by atoms with van der Waals surface area (Å²) in [6.07, 6.45) is 4.92. The maximum atomic E-state index is 3.74. The van der Waals surface area contributed by atoms with E-state index in [1.165, 1.54) is 24.8 Å². The van der Waals surface area contributed by atoms with Gasteiger partial charge in [0.05, 0.1) is 0 Å². The van der Waals surface area contributed by atoms with E-state index in [1.807, 2.05) is 0 Å². The molecule has 2 aromatic carbocycles. The molecule has 1 aliphatic rings. The molecule has 1 nitrogen and oxygen atoms in total. The lowest BCUT2D eigenvalue weighted by atomic mass is 9.89. The fourth-order valence-corrected chi connectivity index (χ4v) is 3.68. The molecule has 1 aliphatic carbocycles. The molecule has 0 radical (unpaired) electrons. The third-order valence-electron chi connectivity index (χ3n) is 4.72. The van der Waals surface area contributed by atoms with E-state index >= 15 is 0 Å². The largest absolute Gasteiger partial charge is 0.314 e. The molecule has 21 heavy (non-hydrogen) atoms. The number of rotatable bonds is 6. The standard InChI is InChI=1S/C20H25N/c1-2-21-20(15-12-16-8-4-3-5-9-16)19-14-13-17-10-6-7-11-18(17)19/h3-11,19-21H,2,12-15H2,1H3. The number of benzene rings is 2. The van der Waals surface area contributed by atoms with E-state index in [-0.39, 0.29) is 0 Å². The predicted molar refractivity (Wildman–Crippen MR) is 89.7 cm³/mol. The zero-order chi connectivity index (χ0) is 14.5. The van der Waals surface area contributed by atoms with Crippen LogP contribution in [-0.4, -0.2) is 12.6 Å². The molecule has 1 heteroatoms. The van der Waals surface area contributed by atoms with Crippen LogP contribution in [0.1, 0.15) is 42.4 Å². The van der Waals surface area contributed by atoms with Crippen LogP contribution >= 0.6 is 0 Å². The fraction of sp³-hybridized carbons (Fsp3) is 0.400. The maximum Gasteiger partial charge on any atom is 0.0139 e. The van der Waals surface area contributed by atoms with E-state index in [4.69, 9.17) is 0 Å². The number of hydrogen-bond donors (Lipinski definition) is 1. The molecule has 110 valence electrons. The third-order valence-corrected chi connectivity index (χ3v) is 4.72. The molecule has 0 heterocycles. The Bertz CT molecular complexity index is 561. The van der Waals surface area contributed by atoms with Crippen LogP contribution in [0.25, 0.3) is 0 Å². The molecule has 0 bridgehead atoms. The molecule has 0 saturated carbocycles. The maximum absolute atomic E-state index is 3.74. The van der Waals surface area contributed by atoms with Crippen molar-refractivity contribution < 1.29 is 0 Å². The molecule has 0 spiro atoms. The van der Waals surface area contributed by atoms with Crippen molar-refractivity contribution >= 4 is 0 Å². The summed E-state index contributed by atoms with van der Waals surface area (Å²) in [6.45, 7) is 3.27. The number of nitrogens with one attached hydrogen (secondary N) is 1. The van der Waals surface area contributed by atoms with Gasteiger partial charge in [0.2, 0.25) is 0 Å². The van der Waals surface area contributed by atoms with Crippen molar-refractivity contribution in [3.05, 3.63) is 71.3 Å². The highest BCUT2D eigenvalue weighted by Gasteiger charge is 2.28. The van der Waals surface area contributed by atoms with Crippen LogP contribution in [0.2, 0.25) is 0 Å². The van der Waals surface area contributed by atoms with Crippen LogP contribution in [0.3, 0.4) is 0 Å². The van der Waals surface area contributed by atoms with Crippen LogP contribution in [0, 0.1) is 0 Å². The number of hydrogen-bond acceptors (Lipinski definition) is 1. The molecule has 0 aromatic heterocycles. The first-order valence-corrected chi connectivity index (χ1v) is 8.23. The number of likely N-dealkylation sites (N-methyl/N-ethyl adjacent to an activating group) is 1. The molecule has 0 saturated heterocycles. The van der Waals surface area contributed by atoms with Gasteiger partial charge in [0.15, 0.2) is 0 Å². The normalized spacial score (nSPS) is 18.4. The Labute approximate surface area is 128 Å². The van der Waals surface area contributed by atoms with Crippen molar-refractivity contribution in [3.8, 4) is 0 Å².